The zero-order chi connectivity index (χ0) is 20.2. The van der Waals surface area contributed by atoms with E-state index in [1.54, 1.807) is 29.4 Å². The van der Waals surface area contributed by atoms with Gasteiger partial charge in [0, 0.05) is 12.6 Å². The highest BCUT2D eigenvalue weighted by Crippen LogP contribution is 2.26. The lowest BCUT2D eigenvalue weighted by Crippen LogP contribution is -2.24. The molecule has 146 valence electrons. The van der Waals surface area contributed by atoms with Crippen LogP contribution in [0, 0.1) is 0 Å². The molecule has 0 spiro atoms. The number of rotatable bonds is 3. The number of furan rings is 1. The number of H-pyrrole nitrogens is 1. The average Bonchev–Trinajstić information content (AvgIpc) is 3.49. The van der Waals surface area contributed by atoms with E-state index in [9.17, 15) is 9.59 Å². The van der Waals surface area contributed by atoms with Gasteiger partial charge in [0.25, 0.3) is 11.5 Å². The summed E-state index contributed by atoms with van der Waals surface area (Å²) in [6.07, 6.45) is 1.56. The summed E-state index contributed by atoms with van der Waals surface area (Å²) >= 11 is 0. The van der Waals surface area contributed by atoms with Crippen molar-refractivity contribution in [3.8, 4) is 11.5 Å². The molecule has 1 amide bonds. The van der Waals surface area contributed by atoms with E-state index in [1.807, 2.05) is 42.5 Å². The Morgan fingerprint density at radius 2 is 1.90 bits per heavy atom. The number of carbonyl (C=O) groups excluding carboxylic acids is 1. The van der Waals surface area contributed by atoms with Crippen molar-refractivity contribution in [3.63, 3.8) is 0 Å². The van der Waals surface area contributed by atoms with E-state index < -0.39 is 0 Å². The van der Waals surface area contributed by atoms with Crippen molar-refractivity contribution in [2.45, 2.75) is 13.1 Å². The molecule has 30 heavy (non-hydrogen) atoms. The maximum Gasteiger partial charge on any atom is 0.278 e. The van der Waals surface area contributed by atoms with Crippen molar-refractivity contribution < 1.29 is 9.21 Å². The van der Waals surface area contributed by atoms with Crippen LogP contribution in [0.15, 0.2) is 76.1 Å². The Morgan fingerprint density at radius 1 is 1.03 bits per heavy atom. The number of hydrogen-bond donors (Lipinski definition) is 1. The number of fused-ring (bicyclic) bond motifs is 3. The summed E-state index contributed by atoms with van der Waals surface area (Å²) in [5, 5.41) is 5.24. The first-order chi connectivity index (χ1) is 14.7. The van der Waals surface area contributed by atoms with E-state index in [0.717, 1.165) is 16.3 Å². The van der Waals surface area contributed by atoms with Crippen LogP contribution in [-0.4, -0.2) is 25.4 Å². The van der Waals surface area contributed by atoms with E-state index in [4.69, 9.17) is 4.42 Å². The SMILES string of the molecule is O=C1c2nc3cc(-c4ccco4)[nH]n3c(=O)c2CN1Cc1cccc2ccccc12. The third kappa shape index (κ3) is 2.42. The third-order valence-corrected chi connectivity index (χ3v) is 5.57. The lowest BCUT2D eigenvalue weighted by molar-refractivity contribution is 0.0763. The summed E-state index contributed by atoms with van der Waals surface area (Å²) in [6.45, 7) is 0.660. The van der Waals surface area contributed by atoms with Gasteiger partial charge in [0.05, 0.1) is 18.4 Å². The Balaban J connectivity index is 1.39. The molecule has 1 N–H and O–H groups in total. The second-order valence-electron chi connectivity index (χ2n) is 7.38. The zero-order valence-electron chi connectivity index (χ0n) is 15.8. The van der Waals surface area contributed by atoms with Crippen molar-refractivity contribution >= 4 is 22.3 Å². The minimum atomic E-state index is -0.262. The quantitative estimate of drug-likeness (QED) is 0.505. The first-order valence-corrected chi connectivity index (χ1v) is 9.63. The maximum atomic E-state index is 13.1. The van der Waals surface area contributed by atoms with Crippen molar-refractivity contribution in [3.05, 3.63) is 94.1 Å². The predicted molar refractivity (Wildman–Crippen MR) is 111 cm³/mol. The second-order valence-corrected chi connectivity index (χ2v) is 7.38. The standard InChI is InChI=1S/C23H16N4O3/c28-22-17-13-26(12-15-7-3-6-14-5-1-2-8-16(14)15)23(29)21(17)24-20-11-18(25-27(20)22)19-9-4-10-30-19/h1-11,25H,12-13H2. The number of benzene rings is 2. The molecule has 7 heteroatoms. The van der Waals surface area contributed by atoms with Gasteiger partial charge in [-0.3, -0.25) is 14.7 Å². The van der Waals surface area contributed by atoms with Gasteiger partial charge in [-0.05, 0) is 28.5 Å². The molecule has 0 aliphatic carbocycles. The number of aromatic nitrogens is 3. The molecule has 0 atom stereocenters. The minimum Gasteiger partial charge on any atom is -0.463 e. The highest BCUT2D eigenvalue weighted by molar-refractivity contribution is 5.97. The van der Waals surface area contributed by atoms with Gasteiger partial charge in [0.2, 0.25) is 0 Å². The molecule has 0 radical (unpaired) electrons. The number of carbonyl (C=O) groups is 1. The van der Waals surface area contributed by atoms with Gasteiger partial charge in [-0.2, -0.15) is 0 Å². The van der Waals surface area contributed by atoms with E-state index in [2.05, 4.69) is 10.1 Å². The van der Waals surface area contributed by atoms with Crippen LogP contribution in [0.1, 0.15) is 21.6 Å². The van der Waals surface area contributed by atoms with E-state index in [1.165, 1.54) is 4.52 Å². The van der Waals surface area contributed by atoms with Crippen LogP contribution in [0.2, 0.25) is 0 Å². The Kier molecular flexibility index (Phi) is 3.46. The summed E-state index contributed by atoms with van der Waals surface area (Å²) < 4.78 is 6.75. The summed E-state index contributed by atoms with van der Waals surface area (Å²) in [4.78, 5) is 32.3. The van der Waals surface area contributed by atoms with Gasteiger partial charge in [0.15, 0.2) is 11.4 Å². The number of hydrogen-bond acceptors (Lipinski definition) is 4. The first kappa shape index (κ1) is 16.8. The fourth-order valence-electron chi connectivity index (χ4n) is 4.11. The van der Waals surface area contributed by atoms with Crippen molar-refractivity contribution in [1.82, 2.24) is 19.5 Å². The maximum absolute atomic E-state index is 13.1. The monoisotopic (exact) mass is 396 g/mol. The van der Waals surface area contributed by atoms with Crippen molar-refractivity contribution in [1.29, 1.82) is 0 Å². The Morgan fingerprint density at radius 3 is 2.77 bits per heavy atom. The van der Waals surface area contributed by atoms with Crippen LogP contribution in [0.5, 0.6) is 0 Å². The highest BCUT2D eigenvalue weighted by Gasteiger charge is 2.33. The van der Waals surface area contributed by atoms with Gasteiger partial charge < -0.3 is 9.32 Å². The molecule has 3 aromatic heterocycles. The lowest BCUT2D eigenvalue weighted by atomic mass is 10.0. The molecule has 0 unspecified atom stereocenters. The molecule has 4 heterocycles. The molecule has 0 fully saturated rings. The van der Waals surface area contributed by atoms with Gasteiger partial charge in [-0.15, -0.1) is 0 Å². The van der Waals surface area contributed by atoms with Gasteiger partial charge in [-0.1, -0.05) is 42.5 Å². The zero-order valence-corrected chi connectivity index (χ0v) is 15.8. The predicted octanol–water partition coefficient (Wildman–Crippen LogP) is 3.59. The minimum absolute atomic E-state index is 0.224. The average molecular weight is 396 g/mol. The van der Waals surface area contributed by atoms with Crippen molar-refractivity contribution in [2.24, 2.45) is 0 Å². The molecule has 5 aromatic rings. The Hall–Kier alpha value is -4.13. The molecule has 2 aromatic carbocycles. The molecule has 0 saturated carbocycles. The Labute approximate surface area is 170 Å². The van der Waals surface area contributed by atoms with Gasteiger partial charge in [0.1, 0.15) is 11.4 Å². The van der Waals surface area contributed by atoms with Crippen LogP contribution < -0.4 is 5.56 Å². The summed E-state index contributed by atoms with van der Waals surface area (Å²) in [5.74, 6) is 0.377. The Bertz CT molecular complexity index is 1490. The van der Waals surface area contributed by atoms with Crippen LogP contribution in [0.3, 0.4) is 0 Å². The number of nitrogens with one attached hydrogen (secondary N) is 1. The summed E-state index contributed by atoms with van der Waals surface area (Å²) in [5.41, 5.74) is 2.44. The van der Waals surface area contributed by atoms with Gasteiger partial charge in [-0.25, -0.2) is 9.50 Å². The normalized spacial score (nSPS) is 13.5. The highest BCUT2D eigenvalue weighted by atomic mass is 16.3. The lowest BCUT2D eigenvalue weighted by Gasteiger charge is -2.16. The molecule has 0 saturated heterocycles. The fraction of sp³-hybridized carbons (Fsp3) is 0.0870. The summed E-state index contributed by atoms with van der Waals surface area (Å²) in [7, 11) is 0. The van der Waals surface area contributed by atoms with Crippen LogP contribution in [-0.2, 0) is 13.1 Å². The molecule has 1 aliphatic heterocycles. The largest absolute Gasteiger partial charge is 0.463 e. The topological polar surface area (TPSA) is 83.6 Å². The van der Waals surface area contributed by atoms with Crippen LogP contribution >= 0.6 is 0 Å². The molecule has 6 rings (SSSR count). The molecule has 7 nitrogen and oxygen atoms in total. The smallest absolute Gasteiger partial charge is 0.278 e. The number of aromatic amines is 1. The first-order valence-electron chi connectivity index (χ1n) is 9.63. The van der Waals surface area contributed by atoms with Gasteiger partial charge >= 0.3 is 0 Å². The molecule has 0 bridgehead atoms. The van der Waals surface area contributed by atoms with E-state index in [-0.39, 0.29) is 23.7 Å². The second kappa shape index (κ2) is 6.18. The fourth-order valence-corrected chi connectivity index (χ4v) is 4.11. The van der Waals surface area contributed by atoms with E-state index in [0.29, 0.717) is 29.2 Å². The molecular formula is C23H16N4O3. The van der Waals surface area contributed by atoms with Crippen LogP contribution in [0.25, 0.3) is 27.9 Å². The molecular weight excluding hydrogens is 380 g/mol. The van der Waals surface area contributed by atoms with Crippen molar-refractivity contribution in [2.75, 3.05) is 0 Å². The number of amides is 1. The third-order valence-electron chi connectivity index (χ3n) is 5.57. The summed E-state index contributed by atoms with van der Waals surface area (Å²) in [6, 6.07) is 19.4. The molecule has 1 aliphatic rings. The van der Waals surface area contributed by atoms with Crippen LogP contribution in [0.4, 0.5) is 0 Å². The van der Waals surface area contributed by atoms with E-state index >= 15 is 0 Å². The number of nitrogens with zero attached hydrogens (tertiary/aromatic N) is 3.